The van der Waals surface area contributed by atoms with E-state index < -0.39 is 0 Å². The van der Waals surface area contributed by atoms with Gasteiger partial charge in [0.2, 0.25) is 0 Å². The van der Waals surface area contributed by atoms with Crippen molar-refractivity contribution in [1.82, 2.24) is 4.98 Å². The Morgan fingerprint density at radius 2 is 2.26 bits per heavy atom. The monoisotopic (exact) mass is 274 g/mol. The summed E-state index contributed by atoms with van der Waals surface area (Å²) in [7, 11) is 0. The van der Waals surface area contributed by atoms with Crippen LogP contribution in [0.2, 0.25) is 0 Å². The molecule has 0 atom stereocenters. The van der Waals surface area contributed by atoms with Crippen LogP contribution in [-0.2, 0) is 6.54 Å². The molecule has 2 rings (SSSR count). The van der Waals surface area contributed by atoms with E-state index >= 15 is 0 Å². The van der Waals surface area contributed by atoms with E-state index in [4.69, 9.17) is 11.1 Å². The Balaban J connectivity index is 2.29. The largest absolute Gasteiger partial charge is 0.384 e. The van der Waals surface area contributed by atoms with Crippen LogP contribution in [-0.4, -0.2) is 17.4 Å². The first-order valence-corrected chi connectivity index (χ1v) is 7.08. The third-order valence-corrected chi connectivity index (χ3v) is 3.74. The second-order valence-electron chi connectivity index (χ2n) is 4.36. The van der Waals surface area contributed by atoms with Gasteiger partial charge in [-0.05, 0) is 37.4 Å². The maximum atomic E-state index is 7.56. The molecule has 0 fully saturated rings. The Bertz CT molecular complexity index is 563. The van der Waals surface area contributed by atoms with Crippen molar-refractivity contribution >= 4 is 23.0 Å². The fraction of sp³-hybridized carbons (Fsp3) is 0.286. The van der Waals surface area contributed by atoms with E-state index in [9.17, 15) is 0 Å². The molecule has 0 amide bonds. The highest BCUT2D eigenvalue weighted by Crippen LogP contribution is 2.19. The second kappa shape index (κ2) is 5.84. The molecule has 0 aromatic carbocycles. The smallest absolute Gasteiger partial charge is 0.129 e. The third-order valence-electron chi connectivity index (χ3n) is 2.88. The van der Waals surface area contributed by atoms with Gasteiger partial charge in [-0.1, -0.05) is 6.07 Å². The molecule has 0 spiro atoms. The number of hydrogen-bond donors (Lipinski definition) is 2. The van der Waals surface area contributed by atoms with E-state index in [0.29, 0.717) is 0 Å². The van der Waals surface area contributed by atoms with Crippen molar-refractivity contribution in [2.45, 2.75) is 20.4 Å². The van der Waals surface area contributed by atoms with Gasteiger partial charge in [-0.15, -0.1) is 11.3 Å². The molecule has 0 saturated carbocycles. The van der Waals surface area contributed by atoms with Crippen molar-refractivity contribution < 1.29 is 0 Å². The van der Waals surface area contributed by atoms with E-state index in [2.05, 4.69) is 34.3 Å². The van der Waals surface area contributed by atoms with E-state index in [-0.39, 0.29) is 5.84 Å². The summed E-state index contributed by atoms with van der Waals surface area (Å²) in [6.07, 6.45) is 0. The topological polar surface area (TPSA) is 66.0 Å². The zero-order valence-corrected chi connectivity index (χ0v) is 12.0. The van der Waals surface area contributed by atoms with Crippen molar-refractivity contribution in [3.05, 3.63) is 45.8 Å². The summed E-state index contributed by atoms with van der Waals surface area (Å²) in [5.41, 5.74) is 7.18. The number of amidine groups is 1. The first kappa shape index (κ1) is 13.5. The quantitative estimate of drug-likeness (QED) is 0.651. The molecule has 100 valence electrons. The van der Waals surface area contributed by atoms with Crippen LogP contribution in [0.4, 0.5) is 5.82 Å². The number of aryl methyl sites for hydroxylation is 1. The van der Waals surface area contributed by atoms with Crippen molar-refractivity contribution in [3.8, 4) is 0 Å². The van der Waals surface area contributed by atoms with Gasteiger partial charge in [0.1, 0.15) is 11.7 Å². The molecule has 0 unspecified atom stereocenters. The lowest BCUT2D eigenvalue weighted by molar-refractivity contribution is 0.819. The third kappa shape index (κ3) is 3.32. The summed E-state index contributed by atoms with van der Waals surface area (Å²) in [5.74, 6) is 0.958. The first-order chi connectivity index (χ1) is 9.10. The number of hydrogen-bond acceptors (Lipinski definition) is 4. The number of nitrogens with one attached hydrogen (secondary N) is 1. The number of rotatable bonds is 5. The van der Waals surface area contributed by atoms with E-state index in [0.717, 1.165) is 30.2 Å². The van der Waals surface area contributed by atoms with Crippen molar-refractivity contribution in [1.29, 1.82) is 5.41 Å². The van der Waals surface area contributed by atoms with E-state index in [1.165, 1.54) is 4.88 Å². The summed E-state index contributed by atoms with van der Waals surface area (Å²) < 4.78 is 0. The highest BCUT2D eigenvalue weighted by atomic mass is 32.1. The van der Waals surface area contributed by atoms with Gasteiger partial charge >= 0.3 is 0 Å². The van der Waals surface area contributed by atoms with Crippen LogP contribution in [0.25, 0.3) is 0 Å². The molecule has 0 aliphatic rings. The Kier molecular flexibility index (Phi) is 4.16. The summed E-state index contributed by atoms with van der Waals surface area (Å²) >= 11 is 1.74. The molecule has 2 heterocycles. The lowest BCUT2D eigenvalue weighted by atomic mass is 10.2. The normalized spacial score (nSPS) is 10.4. The predicted octanol–water partition coefficient (Wildman–Crippen LogP) is 2.76. The van der Waals surface area contributed by atoms with Crippen molar-refractivity contribution in [2.24, 2.45) is 5.73 Å². The van der Waals surface area contributed by atoms with Gasteiger partial charge in [0.15, 0.2) is 0 Å². The minimum absolute atomic E-state index is 0.0823. The van der Waals surface area contributed by atoms with Crippen molar-refractivity contribution in [3.63, 3.8) is 0 Å². The number of pyridine rings is 1. The summed E-state index contributed by atoms with van der Waals surface area (Å²) in [5, 5.41) is 9.63. The van der Waals surface area contributed by atoms with Crippen LogP contribution in [0.3, 0.4) is 0 Å². The molecular weight excluding hydrogens is 256 g/mol. The molecular formula is C14H18N4S. The SMILES string of the molecule is CCN(Cc1cccs1)c1cc(C(=N)N)cc(C)n1. The van der Waals surface area contributed by atoms with Gasteiger partial charge in [0, 0.05) is 22.7 Å². The van der Waals surface area contributed by atoms with E-state index in [1.807, 2.05) is 19.1 Å². The van der Waals surface area contributed by atoms with Crippen LogP contribution in [0.15, 0.2) is 29.6 Å². The Labute approximate surface area is 117 Å². The molecule has 3 N–H and O–H groups in total. The van der Waals surface area contributed by atoms with Crippen LogP contribution in [0.1, 0.15) is 23.1 Å². The average Bonchev–Trinajstić information content (AvgIpc) is 2.88. The van der Waals surface area contributed by atoms with Gasteiger partial charge in [0.05, 0.1) is 6.54 Å². The lowest BCUT2D eigenvalue weighted by Crippen LogP contribution is -2.23. The van der Waals surface area contributed by atoms with Gasteiger partial charge < -0.3 is 10.6 Å². The highest BCUT2D eigenvalue weighted by molar-refractivity contribution is 7.09. The maximum absolute atomic E-state index is 7.56. The highest BCUT2D eigenvalue weighted by Gasteiger charge is 2.10. The zero-order valence-electron chi connectivity index (χ0n) is 11.2. The van der Waals surface area contributed by atoms with Crippen LogP contribution in [0, 0.1) is 12.3 Å². The lowest BCUT2D eigenvalue weighted by Gasteiger charge is -2.22. The average molecular weight is 274 g/mol. The number of nitrogen functional groups attached to an aromatic ring is 1. The molecule has 19 heavy (non-hydrogen) atoms. The predicted molar refractivity (Wildman–Crippen MR) is 81.0 cm³/mol. The van der Waals surface area contributed by atoms with Crippen molar-refractivity contribution in [2.75, 3.05) is 11.4 Å². The Morgan fingerprint density at radius 1 is 1.47 bits per heavy atom. The summed E-state index contributed by atoms with van der Waals surface area (Å²) in [4.78, 5) is 8.03. The summed E-state index contributed by atoms with van der Waals surface area (Å²) in [6.45, 7) is 5.73. The molecule has 0 aliphatic heterocycles. The van der Waals surface area contributed by atoms with Crippen LogP contribution in [0.5, 0.6) is 0 Å². The van der Waals surface area contributed by atoms with Gasteiger partial charge in [-0.3, -0.25) is 5.41 Å². The summed E-state index contributed by atoms with van der Waals surface area (Å²) in [6, 6.07) is 7.89. The number of anilines is 1. The number of nitrogens with two attached hydrogens (primary N) is 1. The zero-order chi connectivity index (χ0) is 13.8. The van der Waals surface area contributed by atoms with Crippen LogP contribution >= 0.6 is 11.3 Å². The number of aromatic nitrogens is 1. The number of thiophene rings is 1. The minimum atomic E-state index is 0.0823. The standard InChI is InChI=1S/C14H18N4S/c1-3-18(9-12-5-4-6-19-12)13-8-11(14(15)16)7-10(2)17-13/h4-8H,3,9H2,1-2H3,(H3,15,16). The van der Waals surface area contributed by atoms with Gasteiger partial charge in [-0.2, -0.15) is 0 Å². The molecule has 2 aromatic rings. The molecule has 4 nitrogen and oxygen atoms in total. The Hall–Kier alpha value is -1.88. The fourth-order valence-electron chi connectivity index (χ4n) is 1.91. The molecule has 5 heteroatoms. The fourth-order valence-corrected chi connectivity index (χ4v) is 2.63. The molecule has 0 saturated heterocycles. The molecule has 0 radical (unpaired) electrons. The van der Waals surface area contributed by atoms with Gasteiger partial charge in [-0.25, -0.2) is 4.98 Å². The first-order valence-electron chi connectivity index (χ1n) is 6.20. The van der Waals surface area contributed by atoms with Gasteiger partial charge in [0.25, 0.3) is 0 Å². The second-order valence-corrected chi connectivity index (χ2v) is 5.39. The minimum Gasteiger partial charge on any atom is -0.384 e. The molecule has 2 aromatic heterocycles. The molecule has 0 aliphatic carbocycles. The maximum Gasteiger partial charge on any atom is 0.129 e. The van der Waals surface area contributed by atoms with E-state index in [1.54, 1.807) is 11.3 Å². The molecule has 0 bridgehead atoms. The Morgan fingerprint density at radius 3 is 2.84 bits per heavy atom. The van der Waals surface area contributed by atoms with Crippen LogP contribution < -0.4 is 10.6 Å². The number of nitrogens with zero attached hydrogens (tertiary/aromatic N) is 2.